The van der Waals surface area contributed by atoms with E-state index in [1.807, 2.05) is 12.1 Å². The Labute approximate surface area is 181 Å². The van der Waals surface area contributed by atoms with Gasteiger partial charge < -0.3 is 14.5 Å². The molecule has 0 radical (unpaired) electrons. The summed E-state index contributed by atoms with van der Waals surface area (Å²) in [5.41, 5.74) is 1.29. The number of hydrogen-bond acceptors (Lipinski definition) is 3. The number of rotatable bonds is 9. The van der Waals surface area contributed by atoms with Gasteiger partial charge in [0.15, 0.2) is 0 Å². The highest BCUT2D eigenvalue weighted by atomic mass is 16.5. The first-order valence-electron chi connectivity index (χ1n) is 11.3. The summed E-state index contributed by atoms with van der Waals surface area (Å²) in [5, 5.41) is 3.18. The molecule has 1 aromatic carbocycles. The first kappa shape index (κ1) is 22.6. The van der Waals surface area contributed by atoms with Crippen molar-refractivity contribution in [3.8, 4) is 0 Å². The van der Waals surface area contributed by atoms with E-state index in [4.69, 9.17) is 9.15 Å². The SMILES string of the molecule is CC(C)[C@H](CC(=O)NCC[C@H](c1ccccc1)[C@@H]1CCOC(C)(C)C1)c1ccco1. The lowest BCUT2D eigenvalue weighted by Gasteiger charge is -2.39. The molecule has 0 bridgehead atoms. The summed E-state index contributed by atoms with van der Waals surface area (Å²) in [6.07, 6.45) is 5.22. The summed E-state index contributed by atoms with van der Waals surface area (Å²) < 4.78 is 11.5. The maximum atomic E-state index is 12.7. The lowest BCUT2D eigenvalue weighted by Crippen LogP contribution is -2.37. The van der Waals surface area contributed by atoms with Crippen LogP contribution in [-0.2, 0) is 9.53 Å². The number of hydrogen-bond donors (Lipinski definition) is 1. The van der Waals surface area contributed by atoms with E-state index < -0.39 is 0 Å². The molecule has 1 aliphatic heterocycles. The molecule has 0 aliphatic carbocycles. The molecule has 30 heavy (non-hydrogen) atoms. The van der Waals surface area contributed by atoms with Crippen LogP contribution in [0.4, 0.5) is 0 Å². The van der Waals surface area contributed by atoms with Crippen molar-refractivity contribution in [1.29, 1.82) is 0 Å². The van der Waals surface area contributed by atoms with Gasteiger partial charge in [-0.25, -0.2) is 0 Å². The van der Waals surface area contributed by atoms with E-state index >= 15 is 0 Å². The third kappa shape index (κ3) is 6.21. The molecule has 3 atom stereocenters. The van der Waals surface area contributed by atoms with Gasteiger partial charge >= 0.3 is 0 Å². The molecule has 4 heteroatoms. The average Bonchev–Trinajstić information content (AvgIpc) is 3.23. The fourth-order valence-corrected chi connectivity index (χ4v) is 4.80. The summed E-state index contributed by atoms with van der Waals surface area (Å²) in [6.45, 7) is 10.1. The lowest BCUT2D eigenvalue weighted by atomic mass is 9.75. The first-order chi connectivity index (χ1) is 14.4. The summed E-state index contributed by atoms with van der Waals surface area (Å²) in [4.78, 5) is 12.7. The van der Waals surface area contributed by atoms with Crippen LogP contribution in [0.25, 0.3) is 0 Å². The van der Waals surface area contributed by atoms with Crippen LogP contribution in [0.3, 0.4) is 0 Å². The molecule has 1 saturated heterocycles. The molecule has 1 amide bonds. The van der Waals surface area contributed by atoms with Crippen molar-refractivity contribution in [2.75, 3.05) is 13.2 Å². The van der Waals surface area contributed by atoms with Gasteiger partial charge in [-0.15, -0.1) is 0 Å². The first-order valence-corrected chi connectivity index (χ1v) is 11.3. The van der Waals surface area contributed by atoms with Gasteiger partial charge in [0.05, 0.1) is 11.9 Å². The Morgan fingerprint density at radius 3 is 2.57 bits per heavy atom. The second kappa shape index (κ2) is 10.3. The summed E-state index contributed by atoms with van der Waals surface area (Å²) in [6, 6.07) is 14.6. The zero-order chi connectivity index (χ0) is 21.6. The number of nitrogens with one attached hydrogen (secondary N) is 1. The van der Waals surface area contributed by atoms with E-state index in [1.54, 1.807) is 6.26 Å². The molecule has 1 fully saturated rings. The highest BCUT2D eigenvalue weighted by Gasteiger charge is 2.34. The topological polar surface area (TPSA) is 51.5 Å². The molecular weight excluding hydrogens is 374 g/mol. The number of amides is 1. The minimum absolute atomic E-state index is 0.0767. The molecule has 1 aromatic heterocycles. The molecule has 164 valence electrons. The number of furan rings is 1. The fraction of sp³-hybridized carbons (Fsp3) is 0.577. The fourth-order valence-electron chi connectivity index (χ4n) is 4.80. The van der Waals surface area contributed by atoms with Crippen LogP contribution >= 0.6 is 0 Å². The monoisotopic (exact) mass is 411 g/mol. The zero-order valence-corrected chi connectivity index (χ0v) is 18.9. The molecule has 0 spiro atoms. The molecular formula is C26H37NO3. The Bertz CT molecular complexity index is 767. The van der Waals surface area contributed by atoms with E-state index in [0.29, 0.717) is 30.7 Å². The maximum absolute atomic E-state index is 12.7. The van der Waals surface area contributed by atoms with Crippen molar-refractivity contribution in [2.24, 2.45) is 11.8 Å². The Morgan fingerprint density at radius 2 is 1.93 bits per heavy atom. The van der Waals surface area contributed by atoms with E-state index in [2.05, 4.69) is 63.3 Å². The average molecular weight is 412 g/mol. The van der Waals surface area contributed by atoms with Gasteiger partial charge in [0.2, 0.25) is 5.91 Å². The number of carbonyl (C=O) groups excluding carboxylic acids is 1. The molecule has 2 heterocycles. The van der Waals surface area contributed by atoms with Crippen LogP contribution in [0.5, 0.6) is 0 Å². The van der Waals surface area contributed by atoms with Crippen LogP contribution in [0.2, 0.25) is 0 Å². The second-order valence-corrected chi connectivity index (χ2v) is 9.59. The standard InChI is InChI=1S/C26H37NO3/c1-19(2)23(24-11-8-15-29-24)17-25(28)27-14-12-22(20-9-6-5-7-10-20)21-13-16-30-26(3,4)18-21/h5-11,15,19,21-23H,12-14,16-18H2,1-4H3,(H,27,28)/t21-,22-,23+/m1/s1. The minimum Gasteiger partial charge on any atom is -0.469 e. The third-order valence-corrected chi connectivity index (χ3v) is 6.43. The van der Waals surface area contributed by atoms with E-state index in [-0.39, 0.29) is 17.4 Å². The van der Waals surface area contributed by atoms with E-state index in [0.717, 1.165) is 31.6 Å². The van der Waals surface area contributed by atoms with Crippen molar-refractivity contribution in [3.63, 3.8) is 0 Å². The largest absolute Gasteiger partial charge is 0.469 e. The third-order valence-electron chi connectivity index (χ3n) is 6.43. The molecule has 1 N–H and O–H groups in total. The normalized spacial score (nSPS) is 20.6. The molecule has 4 nitrogen and oxygen atoms in total. The van der Waals surface area contributed by atoms with E-state index in [9.17, 15) is 4.79 Å². The molecule has 0 unspecified atom stereocenters. The van der Waals surface area contributed by atoms with Gasteiger partial charge in [-0.2, -0.15) is 0 Å². The molecule has 1 aliphatic rings. The van der Waals surface area contributed by atoms with Gasteiger partial charge in [0.25, 0.3) is 0 Å². The van der Waals surface area contributed by atoms with Gasteiger partial charge in [0.1, 0.15) is 5.76 Å². The number of benzene rings is 1. The quantitative estimate of drug-likeness (QED) is 0.558. The summed E-state index contributed by atoms with van der Waals surface area (Å²) in [5.74, 6) is 2.46. The highest BCUT2D eigenvalue weighted by molar-refractivity contribution is 5.76. The van der Waals surface area contributed by atoms with Crippen molar-refractivity contribution < 1.29 is 13.9 Å². The summed E-state index contributed by atoms with van der Waals surface area (Å²) >= 11 is 0. The Balaban J connectivity index is 1.59. The predicted octanol–water partition coefficient (Wildman–Crippen LogP) is 5.90. The van der Waals surface area contributed by atoms with Crippen molar-refractivity contribution >= 4 is 5.91 Å². The van der Waals surface area contributed by atoms with Crippen LogP contribution in [0.1, 0.15) is 76.5 Å². The van der Waals surface area contributed by atoms with Gasteiger partial charge in [-0.1, -0.05) is 44.2 Å². The van der Waals surface area contributed by atoms with Crippen molar-refractivity contribution in [1.82, 2.24) is 5.32 Å². The second-order valence-electron chi connectivity index (χ2n) is 9.59. The van der Waals surface area contributed by atoms with Crippen molar-refractivity contribution in [2.45, 2.75) is 70.8 Å². The number of ether oxygens (including phenoxy) is 1. The summed E-state index contributed by atoms with van der Waals surface area (Å²) in [7, 11) is 0. The Hall–Kier alpha value is -2.07. The van der Waals surface area contributed by atoms with Crippen LogP contribution in [0, 0.1) is 11.8 Å². The van der Waals surface area contributed by atoms with E-state index in [1.165, 1.54) is 5.56 Å². The Kier molecular flexibility index (Phi) is 7.76. The number of carbonyl (C=O) groups is 1. The van der Waals surface area contributed by atoms with Gasteiger partial charge in [-0.3, -0.25) is 4.79 Å². The minimum atomic E-state index is -0.0767. The van der Waals surface area contributed by atoms with Crippen LogP contribution in [-0.4, -0.2) is 24.7 Å². The van der Waals surface area contributed by atoms with Crippen molar-refractivity contribution in [3.05, 3.63) is 60.1 Å². The maximum Gasteiger partial charge on any atom is 0.220 e. The molecule has 0 saturated carbocycles. The van der Waals surface area contributed by atoms with Crippen LogP contribution in [0.15, 0.2) is 53.1 Å². The van der Waals surface area contributed by atoms with Gasteiger partial charge in [-0.05, 0) is 68.6 Å². The molecule has 2 aromatic rings. The smallest absolute Gasteiger partial charge is 0.220 e. The highest BCUT2D eigenvalue weighted by Crippen LogP contribution is 2.39. The predicted molar refractivity (Wildman–Crippen MR) is 120 cm³/mol. The lowest BCUT2D eigenvalue weighted by molar-refractivity contribution is -0.121. The Morgan fingerprint density at radius 1 is 1.17 bits per heavy atom. The molecule has 3 rings (SSSR count). The van der Waals surface area contributed by atoms with Gasteiger partial charge in [0, 0.05) is 25.5 Å². The zero-order valence-electron chi connectivity index (χ0n) is 18.9. The van der Waals surface area contributed by atoms with Crippen LogP contribution < -0.4 is 5.32 Å².